The number of aromatic nitrogens is 2. The van der Waals surface area contributed by atoms with Crippen LogP contribution in [0.25, 0.3) is 16.6 Å². The van der Waals surface area contributed by atoms with Gasteiger partial charge >= 0.3 is 6.09 Å². The smallest absolute Gasteiger partial charge is 0.413 e. The highest BCUT2D eigenvalue weighted by atomic mass is 16.4. The number of hydrogen-bond acceptors (Lipinski definition) is 3. The quantitative estimate of drug-likeness (QED) is 0.712. The Bertz CT molecular complexity index is 980. The Kier molecular flexibility index (Phi) is 4.48. The van der Waals surface area contributed by atoms with Gasteiger partial charge in [0.05, 0.1) is 16.8 Å². The van der Waals surface area contributed by atoms with Crippen molar-refractivity contribution < 1.29 is 15.0 Å². The Balaban J connectivity index is 2.36. The van der Waals surface area contributed by atoms with Crippen molar-refractivity contribution in [3.63, 3.8) is 0 Å². The van der Waals surface area contributed by atoms with Crippen molar-refractivity contribution in [1.82, 2.24) is 9.78 Å². The molecule has 27 heavy (non-hydrogen) atoms. The maximum atomic E-state index is 12.1. The fourth-order valence-corrected chi connectivity index (χ4v) is 3.11. The van der Waals surface area contributed by atoms with E-state index < -0.39 is 17.2 Å². The number of benzene rings is 2. The van der Waals surface area contributed by atoms with E-state index in [1.807, 2.05) is 63.2 Å². The van der Waals surface area contributed by atoms with E-state index in [1.54, 1.807) is 24.6 Å². The van der Waals surface area contributed by atoms with Crippen LogP contribution in [0.15, 0.2) is 48.5 Å². The highest BCUT2D eigenvalue weighted by Crippen LogP contribution is 2.35. The average Bonchev–Trinajstić information content (AvgIpc) is 2.92. The minimum atomic E-state index is -1.05. The molecule has 6 nitrogen and oxygen atoms in total. The Morgan fingerprint density at radius 3 is 2.19 bits per heavy atom. The van der Waals surface area contributed by atoms with Crippen LogP contribution >= 0.6 is 0 Å². The van der Waals surface area contributed by atoms with Crippen molar-refractivity contribution in [3.8, 4) is 5.69 Å². The normalized spacial score (nSPS) is 12.4. The Morgan fingerprint density at radius 1 is 1.04 bits per heavy atom. The fraction of sp³-hybridized carbons (Fsp3) is 0.333. The molecule has 3 aromatic rings. The van der Waals surface area contributed by atoms with Gasteiger partial charge in [-0.05, 0) is 64.4 Å². The number of amides is 1. The van der Waals surface area contributed by atoms with Gasteiger partial charge in [-0.1, -0.05) is 24.3 Å². The number of anilines is 1. The maximum Gasteiger partial charge on any atom is 0.413 e. The third kappa shape index (κ3) is 3.53. The Labute approximate surface area is 158 Å². The monoisotopic (exact) mass is 367 g/mol. The first-order valence-electron chi connectivity index (χ1n) is 8.84. The van der Waals surface area contributed by atoms with Crippen LogP contribution in [0.4, 0.5) is 10.6 Å². The zero-order valence-electron chi connectivity index (χ0n) is 16.3. The van der Waals surface area contributed by atoms with Gasteiger partial charge in [-0.3, -0.25) is 4.90 Å². The van der Waals surface area contributed by atoms with E-state index in [-0.39, 0.29) is 0 Å². The fourth-order valence-electron chi connectivity index (χ4n) is 3.11. The van der Waals surface area contributed by atoms with Crippen molar-refractivity contribution in [2.45, 2.75) is 45.8 Å². The van der Waals surface area contributed by atoms with Gasteiger partial charge in [-0.2, -0.15) is 5.10 Å². The molecule has 1 amide bonds. The minimum Gasteiger partial charge on any atom is -0.465 e. The molecule has 2 N–H and O–H groups in total. The molecule has 142 valence electrons. The number of carbonyl (C=O) groups is 1. The number of hydrogen-bond donors (Lipinski definition) is 2. The number of carboxylic acid groups (broad SMARTS) is 1. The molecule has 0 aliphatic heterocycles. The van der Waals surface area contributed by atoms with Crippen LogP contribution < -0.4 is 4.90 Å². The third-order valence-corrected chi connectivity index (χ3v) is 4.43. The average molecular weight is 367 g/mol. The lowest BCUT2D eigenvalue weighted by atomic mass is 9.97. The molecule has 0 fully saturated rings. The molecule has 0 spiro atoms. The van der Waals surface area contributed by atoms with E-state index >= 15 is 0 Å². The van der Waals surface area contributed by atoms with Crippen molar-refractivity contribution >= 4 is 22.8 Å². The number of nitrogens with zero attached hydrogens (tertiary/aromatic N) is 3. The summed E-state index contributed by atoms with van der Waals surface area (Å²) in [6, 6.07) is 14.9. The van der Waals surface area contributed by atoms with Gasteiger partial charge in [0.25, 0.3) is 0 Å². The molecule has 0 bridgehead atoms. The van der Waals surface area contributed by atoms with Crippen molar-refractivity contribution in [2.75, 3.05) is 4.90 Å². The third-order valence-electron chi connectivity index (χ3n) is 4.43. The van der Waals surface area contributed by atoms with Crippen LogP contribution in [-0.4, -0.2) is 31.6 Å². The van der Waals surface area contributed by atoms with Crippen LogP contribution in [0.2, 0.25) is 0 Å². The predicted octanol–water partition coefficient (Wildman–Crippen LogP) is 4.54. The second-order valence-corrected chi connectivity index (χ2v) is 8.15. The van der Waals surface area contributed by atoms with Crippen molar-refractivity contribution in [3.05, 3.63) is 54.1 Å². The zero-order valence-corrected chi connectivity index (χ0v) is 16.3. The summed E-state index contributed by atoms with van der Waals surface area (Å²) in [7, 11) is 0. The van der Waals surface area contributed by atoms with Crippen LogP contribution in [-0.2, 0) is 5.60 Å². The van der Waals surface area contributed by atoms with Crippen LogP contribution in [0.3, 0.4) is 0 Å². The first kappa shape index (κ1) is 18.9. The summed E-state index contributed by atoms with van der Waals surface area (Å²) < 4.78 is 1.65. The second-order valence-electron chi connectivity index (χ2n) is 8.15. The van der Waals surface area contributed by atoms with Gasteiger partial charge < -0.3 is 10.2 Å². The molecule has 1 aromatic heterocycles. The standard InChI is InChI=1S/C21H25N3O3/c1-20(2,3)23(19(25)26)18-16-12-11-14(21(4,5)27)13-17(16)22-24(18)15-9-7-6-8-10-15/h6-13,27H,1-5H3,(H,25,26). The highest BCUT2D eigenvalue weighted by Gasteiger charge is 2.33. The molecule has 0 aliphatic carbocycles. The molecule has 0 unspecified atom stereocenters. The van der Waals surface area contributed by atoms with E-state index in [9.17, 15) is 15.0 Å². The Morgan fingerprint density at radius 2 is 1.67 bits per heavy atom. The van der Waals surface area contributed by atoms with Gasteiger partial charge in [0.15, 0.2) is 0 Å². The van der Waals surface area contributed by atoms with E-state index in [0.29, 0.717) is 16.7 Å². The number of para-hydroxylation sites is 1. The first-order chi connectivity index (χ1) is 12.5. The molecule has 0 saturated carbocycles. The van der Waals surface area contributed by atoms with Gasteiger partial charge in [0.1, 0.15) is 5.82 Å². The molecule has 0 radical (unpaired) electrons. The molecule has 0 atom stereocenters. The molecule has 3 rings (SSSR count). The SMILES string of the molecule is CC(C)(O)c1ccc2c(N(C(=O)O)C(C)(C)C)n(-c3ccccc3)nc2c1. The van der Waals surface area contributed by atoms with Gasteiger partial charge in [0, 0.05) is 10.9 Å². The lowest BCUT2D eigenvalue weighted by Gasteiger charge is -2.33. The summed E-state index contributed by atoms with van der Waals surface area (Å²) in [6.45, 7) is 8.96. The zero-order chi connectivity index (χ0) is 20.0. The first-order valence-corrected chi connectivity index (χ1v) is 8.84. The maximum absolute atomic E-state index is 12.1. The topological polar surface area (TPSA) is 78.6 Å². The summed E-state index contributed by atoms with van der Waals surface area (Å²) >= 11 is 0. The number of rotatable bonds is 3. The molecule has 0 aliphatic rings. The van der Waals surface area contributed by atoms with Gasteiger partial charge in [-0.15, -0.1) is 0 Å². The van der Waals surface area contributed by atoms with Crippen LogP contribution in [0.5, 0.6) is 0 Å². The van der Waals surface area contributed by atoms with Crippen molar-refractivity contribution in [2.24, 2.45) is 0 Å². The summed E-state index contributed by atoms with van der Waals surface area (Å²) in [5.74, 6) is 0.485. The molecular formula is C21H25N3O3. The van der Waals surface area contributed by atoms with Crippen LogP contribution in [0, 0.1) is 0 Å². The van der Waals surface area contributed by atoms with Gasteiger partial charge in [-0.25, -0.2) is 9.48 Å². The molecule has 1 heterocycles. The summed E-state index contributed by atoms with van der Waals surface area (Å²) in [6.07, 6.45) is -1.05. The largest absolute Gasteiger partial charge is 0.465 e. The Hall–Kier alpha value is -2.86. The molecular weight excluding hydrogens is 342 g/mol. The summed E-state index contributed by atoms with van der Waals surface area (Å²) in [5.41, 5.74) is 0.437. The van der Waals surface area contributed by atoms with E-state index in [2.05, 4.69) is 5.10 Å². The highest BCUT2D eigenvalue weighted by molar-refractivity contribution is 6.00. The molecule has 0 saturated heterocycles. The van der Waals surface area contributed by atoms with Gasteiger partial charge in [0.2, 0.25) is 0 Å². The van der Waals surface area contributed by atoms with Crippen LogP contribution in [0.1, 0.15) is 40.2 Å². The number of aliphatic hydroxyl groups is 1. The summed E-state index contributed by atoms with van der Waals surface area (Å²) in [5, 5.41) is 25.7. The lowest BCUT2D eigenvalue weighted by Crippen LogP contribution is -2.46. The number of fused-ring (bicyclic) bond motifs is 1. The van der Waals surface area contributed by atoms with E-state index in [0.717, 1.165) is 11.3 Å². The summed E-state index contributed by atoms with van der Waals surface area (Å²) in [4.78, 5) is 13.5. The van der Waals surface area contributed by atoms with Crippen molar-refractivity contribution in [1.29, 1.82) is 0 Å². The molecule has 6 heteroatoms. The van der Waals surface area contributed by atoms with E-state index in [1.165, 1.54) is 4.90 Å². The minimum absolute atomic E-state index is 0.485. The predicted molar refractivity (Wildman–Crippen MR) is 107 cm³/mol. The molecule has 2 aromatic carbocycles. The lowest BCUT2D eigenvalue weighted by molar-refractivity contribution is 0.0787. The second kappa shape index (κ2) is 6.39. The van der Waals surface area contributed by atoms with E-state index in [4.69, 9.17) is 0 Å².